The van der Waals surface area contributed by atoms with Gasteiger partial charge in [0.15, 0.2) is 0 Å². The highest BCUT2D eigenvalue weighted by Crippen LogP contribution is 2.28. The van der Waals surface area contributed by atoms with E-state index in [0.29, 0.717) is 0 Å². The molecule has 1 aliphatic rings. The highest BCUT2D eigenvalue weighted by Gasteiger charge is 2.31. The largest absolute Gasteiger partial charge is 0.439 e. The fourth-order valence-electron chi connectivity index (χ4n) is 2.37. The van der Waals surface area contributed by atoms with Crippen LogP contribution in [-0.4, -0.2) is 12.1 Å². The maximum absolute atomic E-state index is 11.2. The summed E-state index contributed by atoms with van der Waals surface area (Å²) in [6, 6.07) is 18.4. The van der Waals surface area contributed by atoms with E-state index in [1.807, 2.05) is 37.3 Å². The number of carbonyl (C=O) groups is 1. The highest BCUT2D eigenvalue weighted by atomic mass is 16.6. The molecule has 19 heavy (non-hydrogen) atoms. The number of ether oxygens (including phenoxy) is 1. The molecule has 0 spiro atoms. The van der Waals surface area contributed by atoms with E-state index in [9.17, 15) is 4.79 Å². The summed E-state index contributed by atoms with van der Waals surface area (Å²) in [6.07, 6.45) is -0.540. The zero-order valence-electron chi connectivity index (χ0n) is 10.7. The Balaban J connectivity index is 1.85. The molecule has 96 valence electrons. The molecule has 2 aromatic rings. The average Bonchev–Trinajstić information content (AvgIpc) is 2.79. The number of cyclic esters (lactones) is 1. The Hall–Kier alpha value is -2.29. The van der Waals surface area contributed by atoms with E-state index in [-0.39, 0.29) is 18.2 Å². The molecule has 0 radical (unpaired) electrons. The molecule has 2 atom stereocenters. The minimum Gasteiger partial charge on any atom is -0.439 e. The fraction of sp³-hybridized carbons (Fsp3) is 0.188. The zero-order valence-corrected chi connectivity index (χ0v) is 10.7. The van der Waals surface area contributed by atoms with Crippen LogP contribution < -0.4 is 5.32 Å². The van der Waals surface area contributed by atoms with Crippen molar-refractivity contribution in [2.45, 2.75) is 19.1 Å². The third-order valence-electron chi connectivity index (χ3n) is 3.38. The van der Waals surface area contributed by atoms with Crippen LogP contribution in [-0.2, 0) is 4.74 Å². The van der Waals surface area contributed by atoms with Crippen LogP contribution in [0.25, 0.3) is 11.1 Å². The Morgan fingerprint density at radius 1 is 0.947 bits per heavy atom. The molecular weight excluding hydrogens is 238 g/mol. The number of alkyl carbamates (subject to hydrolysis) is 1. The minimum atomic E-state index is -0.343. The topological polar surface area (TPSA) is 38.3 Å². The van der Waals surface area contributed by atoms with E-state index in [0.717, 1.165) is 11.1 Å². The SMILES string of the molecule is CC1NC(=O)OC1c1ccc(-c2ccccc2)cc1. The number of nitrogens with one attached hydrogen (secondary N) is 1. The minimum absolute atomic E-state index is 0.00933. The summed E-state index contributed by atoms with van der Waals surface area (Å²) in [7, 11) is 0. The summed E-state index contributed by atoms with van der Waals surface area (Å²) >= 11 is 0. The van der Waals surface area contributed by atoms with Crippen LogP contribution in [0.3, 0.4) is 0 Å². The molecule has 1 heterocycles. The second-order valence-corrected chi connectivity index (χ2v) is 4.75. The molecule has 1 aliphatic heterocycles. The molecule has 0 saturated carbocycles. The maximum atomic E-state index is 11.2. The van der Waals surface area contributed by atoms with Gasteiger partial charge in [-0.15, -0.1) is 0 Å². The van der Waals surface area contributed by atoms with Crippen LogP contribution in [0, 0.1) is 0 Å². The van der Waals surface area contributed by atoms with Crippen LogP contribution in [0.1, 0.15) is 18.6 Å². The molecule has 1 N–H and O–H groups in total. The number of benzene rings is 2. The summed E-state index contributed by atoms with van der Waals surface area (Å²) in [5, 5.41) is 2.75. The van der Waals surface area contributed by atoms with Crippen molar-refractivity contribution in [3.63, 3.8) is 0 Å². The third kappa shape index (κ3) is 2.32. The molecular formula is C16H15NO2. The van der Waals surface area contributed by atoms with E-state index < -0.39 is 0 Å². The van der Waals surface area contributed by atoms with Gasteiger partial charge < -0.3 is 10.1 Å². The predicted molar refractivity (Wildman–Crippen MR) is 73.7 cm³/mol. The Labute approximate surface area is 112 Å². The summed E-state index contributed by atoms with van der Waals surface area (Å²) < 4.78 is 5.26. The van der Waals surface area contributed by atoms with Gasteiger partial charge in [-0.1, -0.05) is 54.6 Å². The number of hydrogen-bond acceptors (Lipinski definition) is 2. The number of amides is 1. The number of carbonyl (C=O) groups excluding carboxylic acids is 1. The van der Waals surface area contributed by atoms with Gasteiger partial charge in [0.1, 0.15) is 6.10 Å². The first-order chi connectivity index (χ1) is 9.24. The smallest absolute Gasteiger partial charge is 0.408 e. The average molecular weight is 253 g/mol. The molecule has 2 unspecified atom stereocenters. The summed E-state index contributed by atoms with van der Waals surface area (Å²) in [5.74, 6) is 0. The maximum Gasteiger partial charge on any atom is 0.408 e. The normalized spacial score (nSPS) is 21.8. The van der Waals surface area contributed by atoms with Crippen LogP contribution in [0.4, 0.5) is 4.79 Å². The Kier molecular flexibility index (Phi) is 2.95. The van der Waals surface area contributed by atoms with E-state index in [1.165, 1.54) is 5.56 Å². The molecule has 1 fully saturated rings. The van der Waals surface area contributed by atoms with E-state index >= 15 is 0 Å². The number of rotatable bonds is 2. The van der Waals surface area contributed by atoms with Gasteiger partial charge in [-0.2, -0.15) is 0 Å². The van der Waals surface area contributed by atoms with Crippen LogP contribution in [0.2, 0.25) is 0 Å². The van der Waals surface area contributed by atoms with Gasteiger partial charge >= 0.3 is 6.09 Å². The standard InChI is InChI=1S/C16H15NO2/c1-11-15(19-16(18)17-11)14-9-7-13(8-10-14)12-5-3-2-4-6-12/h2-11,15H,1H3,(H,17,18). The summed E-state index contributed by atoms with van der Waals surface area (Å²) in [6.45, 7) is 1.95. The first-order valence-corrected chi connectivity index (χ1v) is 6.36. The number of hydrogen-bond donors (Lipinski definition) is 1. The lowest BCUT2D eigenvalue weighted by Gasteiger charge is -2.13. The van der Waals surface area contributed by atoms with Crippen molar-refractivity contribution in [2.75, 3.05) is 0 Å². The first-order valence-electron chi connectivity index (χ1n) is 6.36. The summed E-state index contributed by atoms with van der Waals surface area (Å²) in [4.78, 5) is 11.2. The Morgan fingerprint density at radius 3 is 2.16 bits per heavy atom. The molecule has 0 aliphatic carbocycles. The molecule has 3 nitrogen and oxygen atoms in total. The molecule has 2 aromatic carbocycles. The Morgan fingerprint density at radius 2 is 1.58 bits per heavy atom. The van der Waals surface area contributed by atoms with Crippen molar-refractivity contribution in [2.24, 2.45) is 0 Å². The lowest BCUT2D eigenvalue weighted by Crippen LogP contribution is -2.23. The molecule has 3 heteroatoms. The van der Waals surface area contributed by atoms with Crippen molar-refractivity contribution >= 4 is 6.09 Å². The van der Waals surface area contributed by atoms with Crippen molar-refractivity contribution in [1.29, 1.82) is 0 Å². The van der Waals surface area contributed by atoms with Gasteiger partial charge in [0, 0.05) is 0 Å². The van der Waals surface area contributed by atoms with Gasteiger partial charge in [0.2, 0.25) is 0 Å². The van der Waals surface area contributed by atoms with Crippen LogP contribution in [0.5, 0.6) is 0 Å². The van der Waals surface area contributed by atoms with Crippen LogP contribution in [0.15, 0.2) is 54.6 Å². The van der Waals surface area contributed by atoms with E-state index in [2.05, 4.69) is 29.6 Å². The van der Waals surface area contributed by atoms with Crippen molar-refractivity contribution < 1.29 is 9.53 Å². The molecule has 3 rings (SSSR count). The quantitative estimate of drug-likeness (QED) is 0.889. The molecule has 1 saturated heterocycles. The van der Waals surface area contributed by atoms with Crippen LogP contribution >= 0.6 is 0 Å². The third-order valence-corrected chi connectivity index (χ3v) is 3.38. The summed E-state index contributed by atoms with van der Waals surface area (Å²) in [5.41, 5.74) is 3.36. The highest BCUT2D eigenvalue weighted by molar-refractivity contribution is 5.70. The molecule has 1 amide bonds. The second kappa shape index (κ2) is 4.76. The Bertz CT molecular complexity index is 577. The zero-order chi connectivity index (χ0) is 13.2. The van der Waals surface area contributed by atoms with Gasteiger partial charge in [0.25, 0.3) is 0 Å². The van der Waals surface area contributed by atoms with E-state index in [4.69, 9.17) is 4.74 Å². The van der Waals surface area contributed by atoms with Crippen molar-refractivity contribution in [3.05, 3.63) is 60.2 Å². The van der Waals surface area contributed by atoms with Gasteiger partial charge in [0.05, 0.1) is 6.04 Å². The van der Waals surface area contributed by atoms with Crippen molar-refractivity contribution in [3.8, 4) is 11.1 Å². The van der Waals surface area contributed by atoms with Crippen molar-refractivity contribution in [1.82, 2.24) is 5.32 Å². The second-order valence-electron chi connectivity index (χ2n) is 4.75. The lowest BCUT2D eigenvalue weighted by atomic mass is 9.99. The van der Waals surface area contributed by atoms with Gasteiger partial charge in [-0.3, -0.25) is 0 Å². The first kappa shape index (κ1) is 11.8. The fourth-order valence-corrected chi connectivity index (χ4v) is 2.37. The monoisotopic (exact) mass is 253 g/mol. The lowest BCUT2D eigenvalue weighted by molar-refractivity contribution is 0.134. The molecule has 0 bridgehead atoms. The predicted octanol–water partition coefficient (Wildman–Crippen LogP) is 3.52. The molecule has 0 aromatic heterocycles. The van der Waals surface area contributed by atoms with Gasteiger partial charge in [-0.25, -0.2) is 4.79 Å². The van der Waals surface area contributed by atoms with Gasteiger partial charge in [-0.05, 0) is 23.6 Å². The van der Waals surface area contributed by atoms with E-state index in [1.54, 1.807) is 0 Å².